The zero-order valence-electron chi connectivity index (χ0n) is 24.5. The highest BCUT2D eigenvalue weighted by Gasteiger charge is 2.19. The molecule has 0 aliphatic carbocycles. The molecule has 0 heterocycles. The number of urea groups is 1. The quantitative estimate of drug-likeness (QED) is 0.237. The van der Waals surface area contributed by atoms with Crippen molar-refractivity contribution in [3.63, 3.8) is 0 Å². The molecular formula is C32H41N5O4. The smallest absolute Gasteiger partial charge is 0.412 e. The molecule has 9 heteroatoms. The molecule has 3 aromatic carbocycles. The molecule has 0 saturated heterocycles. The molecule has 0 radical (unpaired) electrons. The van der Waals surface area contributed by atoms with E-state index in [4.69, 9.17) is 4.74 Å². The van der Waals surface area contributed by atoms with Gasteiger partial charge in [0.1, 0.15) is 5.60 Å². The lowest BCUT2D eigenvalue weighted by Crippen LogP contribution is -2.39. The van der Waals surface area contributed by atoms with Crippen LogP contribution in [0.4, 0.5) is 21.0 Å². The molecule has 9 nitrogen and oxygen atoms in total. The summed E-state index contributed by atoms with van der Waals surface area (Å²) in [6, 6.07) is 23.6. The number of amides is 4. The van der Waals surface area contributed by atoms with Crippen LogP contribution in [0.3, 0.4) is 0 Å². The average Bonchev–Trinajstić information content (AvgIpc) is 2.91. The average molecular weight is 560 g/mol. The number of nitrogens with one attached hydrogen (secondary N) is 4. The van der Waals surface area contributed by atoms with Crippen LogP contribution in [0.25, 0.3) is 0 Å². The first-order chi connectivity index (χ1) is 19.5. The van der Waals surface area contributed by atoms with Gasteiger partial charge in [-0.1, -0.05) is 54.6 Å². The van der Waals surface area contributed by atoms with Crippen molar-refractivity contribution in [1.82, 2.24) is 15.5 Å². The lowest BCUT2D eigenvalue weighted by atomic mass is 10.0. The van der Waals surface area contributed by atoms with Crippen LogP contribution in [0.2, 0.25) is 0 Å². The lowest BCUT2D eigenvalue weighted by molar-refractivity contribution is 0.0635. The van der Waals surface area contributed by atoms with E-state index in [0.717, 1.165) is 24.1 Å². The van der Waals surface area contributed by atoms with Gasteiger partial charge in [0, 0.05) is 12.1 Å². The van der Waals surface area contributed by atoms with Gasteiger partial charge in [0.25, 0.3) is 5.91 Å². The number of hydrogen-bond donors (Lipinski definition) is 4. The van der Waals surface area contributed by atoms with Crippen molar-refractivity contribution in [1.29, 1.82) is 0 Å². The van der Waals surface area contributed by atoms with Crippen molar-refractivity contribution in [3.05, 3.63) is 95.6 Å². The van der Waals surface area contributed by atoms with Gasteiger partial charge in [-0.3, -0.25) is 10.1 Å². The van der Waals surface area contributed by atoms with Gasteiger partial charge < -0.3 is 25.6 Å². The van der Waals surface area contributed by atoms with Crippen molar-refractivity contribution in [3.8, 4) is 0 Å². The van der Waals surface area contributed by atoms with Crippen LogP contribution < -0.4 is 21.3 Å². The zero-order valence-corrected chi connectivity index (χ0v) is 24.5. The van der Waals surface area contributed by atoms with E-state index in [1.807, 2.05) is 56.6 Å². The molecule has 0 spiro atoms. The van der Waals surface area contributed by atoms with Crippen LogP contribution >= 0.6 is 0 Å². The maximum Gasteiger partial charge on any atom is 0.412 e. The van der Waals surface area contributed by atoms with Crippen LogP contribution in [0.15, 0.2) is 78.9 Å². The topological polar surface area (TPSA) is 112 Å². The van der Waals surface area contributed by atoms with Gasteiger partial charge in [-0.05, 0) is 89.6 Å². The van der Waals surface area contributed by atoms with Crippen LogP contribution in [0.5, 0.6) is 0 Å². The molecule has 0 bridgehead atoms. The fraction of sp³-hybridized carbons (Fsp3) is 0.344. The fourth-order valence-electron chi connectivity index (χ4n) is 4.06. The second kappa shape index (κ2) is 14.9. The summed E-state index contributed by atoms with van der Waals surface area (Å²) in [5, 5.41) is 11.6. The Morgan fingerprint density at radius 3 is 2.05 bits per heavy atom. The standard InChI is InChI=1S/C32H41N5O4/c1-32(2,3)41-31(40)36-28-14-10-9-13-27(28)34-29(38)25-17-15-24(16-18-25)26(20-22-37(4)5)35-30(39)33-21-19-23-11-7-6-8-12-23/h6-18,26H,19-22H2,1-5H3,(H,34,38)(H,36,40)(H2,33,35,39). The Bertz CT molecular complexity index is 1290. The molecule has 0 aliphatic rings. The summed E-state index contributed by atoms with van der Waals surface area (Å²) in [6.07, 6.45) is 0.842. The van der Waals surface area contributed by atoms with Crippen molar-refractivity contribution in [2.24, 2.45) is 0 Å². The van der Waals surface area contributed by atoms with Gasteiger partial charge in [-0.2, -0.15) is 0 Å². The Labute approximate surface area is 242 Å². The zero-order chi connectivity index (χ0) is 29.8. The highest BCUT2D eigenvalue weighted by Crippen LogP contribution is 2.24. The van der Waals surface area contributed by atoms with Gasteiger partial charge in [-0.15, -0.1) is 0 Å². The maximum atomic E-state index is 13.0. The number of carbonyl (C=O) groups excluding carboxylic acids is 3. The summed E-state index contributed by atoms with van der Waals surface area (Å²) in [4.78, 5) is 40.0. The molecule has 218 valence electrons. The van der Waals surface area contributed by atoms with E-state index in [9.17, 15) is 14.4 Å². The third-order valence-corrected chi connectivity index (χ3v) is 6.10. The number of hydrogen-bond acceptors (Lipinski definition) is 5. The van der Waals surface area contributed by atoms with Gasteiger partial charge in [0.2, 0.25) is 0 Å². The highest BCUT2D eigenvalue weighted by molar-refractivity contribution is 6.06. The summed E-state index contributed by atoms with van der Waals surface area (Å²) in [6.45, 7) is 6.65. The SMILES string of the molecule is CN(C)CCC(NC(=O)NCCc1ccccc1)c1ccc(C(=O)Nc2ccccc2NC(=O)OC(C)(C)C)cc1. The number of nitrogens with zero attached hydrogens (tertiary/aromatic N) is 1. The van der Waals surface area contributed by atoms with Crippen molar-refractivity contribution in [2.75, 3.05) is 37.8 Å². The van der Waals surface area contributed by atoms with E-state index in [-0.39, 0.29) is 18.0 Å². The highest BCUT2D eigenvalue weighted by atomic mass is 16.6. The van der Waals surface area contributed by atoms with Crippen LogP contribution in [0.1, 0.15) is 54.7 Å². The number of carbonyl (C=O) groups is 3. The first kappa shape index (κ1) is 31.2. The normalized spacial score (nSPS) is 11.9. The van der Waals surface area contributed by atoms with Gasteiger partial charge in [0.15, 0.2) is 0 Å². The lowest BCUT2D eigenvalue weighted by Gasteiger charge is -2.22. The first-order valence-corrected chi connectivity index (χ1v) is 13.7. The van der Waals surface area contributed by atoms with E-state index in [2.05, 4.69) is 26.2 Å². The summed E-state index contributed by atoms with van der Waals surface area (Å²) < 4.78 is 5.33. The third kappa shape index (κ3) is 11.0. The number of anilines is 2. The number of ether oxygens (including phenoxy) is 1. The molecule has 0 fully saturated rings. The Morgan fingerprint density at radius 1 is 0.829 bits per heavy atom. The molecule has 0 saturated carbocycles. The predicted octanol–water partition coefficient (Wildman–Crippen LogP) is 5.82. The molecule has 41 heavy (non-hydrogen) atoms. The molecule has 4 amide bonds. The summed E-state index contributed by atoms with van der Waals surface area (Å²) in [5.74, 6) is -0.327. The summed E-state index contributed by atoms with van der Waals surface area (Å²) in [7, 11) is 3.97. The molecule has 1 atom stereocenters. The molecule has 3 aromatic rings. The Kier molecular flexibility index (Phi) is 11.3. The van der Waals surface area contributed by atoms with Gasteiger partial charge >= 0.3 is 12.1 Å². The second-order valence-electron chi connectivity index (χ2n) is 11.0. The van der Waals surface area contributed by atoms with E-state index in [1.54, 1.807) is 57.2 Å². The maximum absolute atomic E-state index is 13.0. The second-order valence-corrected chi connectivity index (χ2v) is 11.0. The minimum Gasteiger partial charge on any atom is -0.444 e. The number of rotatable bonds is 11. The van der Waals surface area contributed by atoms with Crippen LogP contribution in [-0.2, 0) is 11.2 Å². The molecular weight excluding hydrogens is 518 g/mol. The van der Waals surface area contributed by atoms with Crippen molar-refractivity contribution in [2.45, 2.75) is 45.3 Å². The monoisotopic (exact) mass is 559 g/mol. The molecule has 0 aliphatic heterocycles. The minimum absolute atomic E-state index is 0.231. The van der Waals surface area contributed by atoms with E-state index >= 15 is 0 Å². The fourth-order valence-corrected chi connectivity index (χ4v) is 4.06. The Balaban J connectivity index is 1.63. The number of para-hydroxylation sites is 2. The summed E-state index contributed by atoms with van der Waals surface area (Å²) >= 11 is 0. The largest absolute Gasteiger partial charge is 0.444 e. The Hall–Kier alpha value is -4.37. The van der Waals surface area contributed by atoms with E-state index in [0.29, 0.717) is 29.9 Å². The predicted molar refractivity (Wildman–Crippen MR) is 163 cm³/mol. The van der Waals surface area contributed by atoms with Gasteiger partial charge in [0.05, 0.1) is 17.4 Å². The van der Waals surface area contributed by atoms with E-state index in [1.165, 1.54) is 0 Å². The minimum atomic E-state index is -0.647. The molecule has 1 unspecified atom stereocenters. The molecule has 3 rings (SSSR count). The van der Waals surface area contributed by atoms with E-state index < -0.39 is 11.7 Å². The van der Waals surface area contributed by atoms with Crippen molar-refractivity contribution < 1.29 is 19.1 Å². The Morgan fingerprint density at radius 2 is 1.44 bits per heavy atom. The number of benzene rings is 3. The molecule has 4 N–H and O–H groups in total. The molecule has 0 aromatic heterocycles. The van der Waals surface area contributed by atoms with Crippen LogP contribution in [-0.4, -0.2) is 55.7 Å². The summed E-state index contributed by atoms with van der Waals surface area (Å²) in [5.41, 5.74) is 2.73. The van der Waals surface area contributed by atoms with Crippen molar-refractivity contribution >= 4 is 29.4 Å². The third-order valence-electron chi connectivity index (χ3n) is 6.10. The first-order valence-electron chi connectivity index (χ1n) is 13.7. The van der Waals surface area contributed by atoms with Crippen LogP contribution in [0, 0.1) is 0 Å². The van der Waals surface area contributed by atoms with Gasteiger partial charge in [-0.25, -0.2) is 9.59 Å².